The van der Waals surface area contributed by atoms with E-state index < -0.39 is 0 Å². The third kappa shape index (κ3) is 3.00. The van der Waals surface area contributed by atoms with Gasteiger partial charge in [-0.05, 0) is 29.1 Å². The highest BCUT2D eigenvalue weighted by Gasteiger charge is 2.08. The SMILES string of the molecule is Oc1ccc(Cc2nc(Cc3cccs3)no2)cc1. The predicted octanol–water partition coefficient (Wildman–Crippen LogP) is 3.02. The second-order valence-electron chi connectivity index (χ2n) is 4.20. The normalized spacial score (nSPS) is 10.7. The number of hydrogen-bond donors (Lipinski definition) is 1. The summed E-state index contributed by atoms with van der Waals surface area (Å²) in [5.41, 5.74) is 1.03. The van der Waals surface area contributed by atoms with Gasteiger partial charge < -0.3 is 9.63 Å². The monoisotopic (exact) mass is 272 g/mol. The summed E-state index contributed by atoms with van der Waals surface area (Å²) in [4.78, 5) is 5.59. The maximum Gasteiger partial charge on any atom is 0.231 e. The van der Waals surface area contributed by atoms with Crippen molar-refractivity contribution in [3.63, 3.8) is 0 Å². The van der Waals surface area contributed by atoms with Crippen molar-refractivity contribution >= 4 is 11.3 Å². The fourth-order valence-corrected chi connectivity index (χ4v) is 2.49. The van der Waals surface area contributed by atoms with Crippen molar-refractivity contribution < 1.29 is 9.63 Å². The summed E-state index contributed by atoms with van der Waals surface area (Å²) in [5.74, 6) is 1.56. The number of rotatable bonds is 4. The smallest absolute Gasteiger partial charge is 0.231 e. The molecule has 19 heavy (non-hydrogen) atoms. The van der Waals surface area contributed by atoms with Crippen LogP contribution in [0.4, 0.5) is 0 Å². The Balaban J connectivity index is 1.69. The van der Waals surface area contributed by atoms with E-state index in [-0.39, 0.29) is 5.75 Å². The molecule has 3 rings (SSSR count). The average Bonchev–Trinajstić information content (AvgIpc) is 3.05. The summed E-state index contributed by atoms with van der Waals surface area (Å²) in [6.07, 6.45) is 1.29. The van der Waals surface area contributed by atoms with Crippen LogP contribution >= 0.6 is 11.3 Å². The molecule has 2 aromatic heterocycles. The third-order valence-electron chi connectivity index (χ3n) is 2.71. The minimum Gasteiger partial charge on any atom is -0.508 e. The first-order valence-electron chi connectivity index (χ1n) is 5.91. The number of thiophene rings is 1. The largest absolute Gasteiger partial charge is 0.508 e. The molecule has 3 aromatic rings. The van der Waals surface area contributed by atoms with Crippen LogP contribution < -0.4 is 0 Å². The van der Waals surface area contributed by atoms with Gasteiger partial charge in [0.15, 0.2) is 5.82 Å². The van der Waals surface area contributed by atoms with Gasteiger partial charge >= 0.3 is 0 Å². The highest BCUT2D eigenvalue weighted by molar-refractivity contribution is 7.09. The Hall–Kier alpha value is -2.14. The number of phenols is 1. The second kappa shape index (κ2) is 5.24. The highest BCUT2D eigenvalue weighted by atomic mass is 32.1. The molecule has 2 heterocycles. The second-order valence-corrected chi connectivity index (χ2v) is 5.24. The van der Waals surface area contributed by atoms with Gasteiger partial charge in [0.2, 0.25) is 5.89 Å². The van der Waals surface area contributed by atoms with Crippen LogP contribution in [0.2, 0.25) is 0 Å². The van der Waals surface area contributed by atoms with Crippen molar-refractivity contribution in [3.8, 4) is 5.75 Å². The molecule has 5 heteroatoms. The molecule has 1 N–H and O–H groups in total. The zero-order valence-electron chi connectivity index (χ0n) is 10.1. The van der Waals surface area contributed by atoms with Crippen LogP contribution in [-0.4, -0.2) is 15.2 Å². The molecule has 0 spiro atoms. The summed E-state index contributed by atoms with van der Waals surface area (Å²) in [5, 5.41) is 15.2. The summed E-state index contributed by atoms with van der Waals surface area (Å²) in [7, 11) is 0. The molecule has 0 fully saturated rings. The van der Waals surface area contributed by atoms with E-state index in [1.165, 1.54) is 4.88 Å². The van der Waals surface area contributed by atoms with E-state index in [4.69, 9.17) is 4.52 Å². The minimum atomic E-state index is 0.257. The van der Waals surface area contributed by atoms with E-state index in [9.17, 15) is 5.11 Å². The van der Waals surface area contributed by atoms with Gasteiger partial charge in [0.1, 0.15) is 5.75 Å². The number of nitrogens with zero attached hydrogens (tertiary/aromatic N) is 2. The Labute approximate surface area is 114 Å². The quantitative estimate of drug-likeness (QED) is 0.793. The van der Waals surface area contributed by atoms with E-state index in [0.29, 0.717) is 24.6 Å². The molecule has 0 saturated carbocycles. The predicted molar refractivity (Wildman–Crippen MR) is 72.3 cm³/mol. The first-order chi connectivity index (χ1) is 9.29. The van der Waals surface area contributed by atoms with Crippen LogP contribution in [0.25, 0.3) is 0 Å². The average molecular weight is 272 g/mol. The molecule has 0 radical (unpaired) electrons. The summed E-state index contributed by atoms with van der Waals surface area (Å²) in [6, 6.07) is 11.1. The molecular formula is C14H12N2O2S. The lowest BCUT2D eigenvalue weighted by atomic mass is 10.1. The lowest BCUT2D eigenvalue weighted by Crippen LogP contribution is -1.90. The molecule has 0 amide bonds. The topological polar surface area (TPSA) is 59.2 Å². The minimum absolute atomic E-state index is 0.257. The first kappa shape index (κ1) is 11.9. The Morgan fingerprint density at radius 3 is 2.68 bits per heavy atom. The molecule has 0 aliphatic carbocycles. The molecule has 0 saturated heterocycles. The van der Waals surface area contributed by atoms with Crippen molar-refractivity contribution in [1.29, 1.82) is 0 Å². The van der Waals surface area contributed by atoms with Crippen molar-refractivity contribution in [2.75, 3.05) is 0 Å². The van der Waals surface area contributed by atoms with Gasteiger partial charge in [-0.1, -0.05) is 23.4 Å². The molecule has 0 bridgehead atoms. The molecule has 96 valence electrons. The van der Waals surface area contributed by atoms with Gasteiger partial charge in [0.25, 0.3) is 0 Å². The van der Waals surface area contributed by atoms with Crippen molar-refractivity contribution in [2.45, 2.75) is 12.8 Å². The van der Waals surface area contributed by atoms with E-state index in [2.05, 4.69) is 16.2 Å². The summed E-state index contributed by atoms with van der Waals surface area (Å²) >= 11 is 1.68. The molecule has 1 aromatic carbocycles. The third-order valence-corrected chi connectivity index (χ3v) is 3.59. The van der Waals surface area contributed by atoms with Gasteiger partial charge in [0.05, 0.1) is 6.42 Å². The Morgan fingerprint density at radius 1 is 1.11 bits per heavy atom. The van der Waals surface area contributed by atoms with Crippen LogP contribution in [-0.2, 0) is 12.8 Å². The first-order valence-corrected chi connectivity index (χ1v) is 6.79. The zero-order chi connectivity index (χ0) is 13.1. The van der Waals surface area contributed by atoms with Gasteiger partial charge in [-0.25, -0.2) is 0 Å². The van der Waals surface area contributed by atoms with Gasteiger partial charge in [0, 0.05) is 11.3 Å². The van der Waals surface area contributed by atoms with Crippen LogP contribution in [0.15, 0.2) is 46.3 Å². The molecular weight excluding hydrogens is 260 g/mol. The summed E-state index contributed by atoms with van der Waals surface area (Å²) < 4.78 is 5.23. The number of phenolic OH excluding ortho intramolecular Hbond substituents is 1. The van der Waals surface area contributed by atoms with Gasteiger partial charge in [-0.15, -0.1) is 11.3 Å². The molecule has 0 unspecified atom stereocenters. The Bertz CT molecular complexity index is 644. The number of hydrogen-bond acceptors (Lipinski definition) is 5. The summed E-state index contributed by atoms with van der Waals surface area (Å²) in [6.45, 7) is 0. The molecule has 4 nitrogen and oxygen atoms in total. The van der Waals surface area contributed by atoms with Crippen LogP contribution in [0.5, 0.6) is 5.75 Å². The number of aromatic hydroxyl groups is 1. The fraction of sp³-hybridized carbons (Fsp3) is 0.143. The number of aromatic nitrogens is 2. The van der Waals surface area contributed by atoms with E-state index in [0.717, 1.165) is 5.56 Å². The van der Waals surface area contributed by atoms with Crippen LogP contribution in [0.3, 0.4) is 0 Å². The highest BCUT2D eigenvalue weighted by Crippen LogP contribution is 2.15. The van der Waals surface area contributed by atoms with Crippen molar-refractivity contribution in [3.05, 3.63) is 63.9 Å². The van der Waals surface area contributed by atoms with E-state index in [1.807, 2.05) is 23.6 Å². The van der Waals surface area contributed by atoms with Crippen molar-refractivity contribution in [1.82, 2.24) is 10.1 Å². The maximum absolute atomic E-state index is 9.22. The van der Waals surface area contributed by atoms with Crippen LogP contribution in [0, 0.1) is 0 Å². The maximum atomic E-state index is 9.22. The molecule has 0 aliphatic rings. The van der Waals surface area contributed by atoms with Gasteiger partial charge in [-0.2, -0.15) is 4.98 Å². The molecule has 0 aliphatic heterocycles. The van der Waals surface area contributed by atoms with E-state index in [1.54, 1.807) is 23.5 Å². The van der Waals surface area contributed by atoms with Crippen molar-refractivity contribution in [2.24, 2.45) is 0 Å². The van der Waals surface area contributed by atoms with E-state index >= 15 is 0 Å². The Morgan fingerprint density at radius 2 is 1.95 bits per heavy atom. The fourth-order valence-electron chi connectivity index (χ4n) is 1.79. The van der Waals surface area contributed by atoms with Crippen LogP contribution in [0.1, 0.15) is 22.2 Å². The standard InChI is InChI=1S/C14H12N2O2S/c17-11-5-3-10(4-6-11)8-14-15-13(16-18-14)9-12-2-1-7-19-12/h1-7,17H,8-9H2. The lowest BCUT2D eigenvalue weighted by molar-refractivity contribution is 0.380. The lowest BCUT2D eigenvalue weighted by Gasteiger charge is -1.96. The zero-order valence-corrected chi connectivity index (χ0v) is 10.9. The number of benzene rings is 1. The van der Waals surface area contributed by atoms with Gasteiger partial charge in [-0.3, -0.25) is 0 Å². The molecule has 0 atom stereocenters. The Kier molecular flexibility index (Phi) is 3.29.